The highest BCUT2D eigenvalue weighted by atomic mass is 79.9. The van der Waals surface area contributed by atoms with Gasteiger partial charge in [-0.2, -0.15) is 0 Å². The minimum absolute atomic E-state index is 0.00435. The summed E-state index contributed by atoms with van der Waals surface area (Å²) >= 11 is 5.15. The van der Waals surface area contributed by atoms with Gasteiger partial charge in [0, 0.05) is 28.9 Å². The van der Waals surface area contributed by atoms with Crippen LogP contribution in [0.25, 0.3) is 0 Å². The number of anilines is 1. The van der Waals surface area contributed by atoms with Gasteiger partial charge in [-0.3, -0.25) is 9.59 Å². The molecule has 23 heavy (non-hydrogen) atoms. The Hall–Kier alpha value is -1.66. The van der Waals surface area contributed by atoms with Gasteiger partial charge in [0.15, 0.2) is 0 Å². The maximum Gasteiger partial charge on any atom is 0.227 e. The number of carbonyl (C=O) groups excluding carboxylic acids is 2. The molecule has 2 amide bonds. The lowest BCUT2D eigenvalue weighted by atomic mass is 10.1. The number of nitrogens with zero attached hydrogens (tertiary/aromatic N) is 1. The van der Waals surface area contributed by atoms with Gasteiger partial charge in [0.2, 0.25) is 11.8 Å². The second kappa shape index (κ2) is 7.27. The van der Waals surface area contributed by atoms with Crippen molar-refractivity contribution in [3.8, 4) is 0 Å². The summed E-state index contributed by atoms with van der Waals surface area (Å²) in [6.45, 7) is 1.05. The highest BCUT2D eigenvalue weighted by molar-refractivity contribution is 9.10. The summed E-state index contributed by atoms with van der Waals surface area (Å²) in [6, 6.07) is 11.7. The Morgan fingerprint density at radius 3 is 2.87 bits per heavy atom. The van der Waals surface area contributed by atoms with E-state index in [4.69, 9.17) is 0 Å². The number of benzene rings is 1. The first kappa shape index (κ1) is 16.2. The molecule has 6 heteroatoms. The quantitative estimate of drug-likeness (QED) is 0.848. The molecule has 0 saturated carbocycles. The molecular weight excluding hydrogens is 376 g/mol. The second-order valence-electron chi connectivity index (χ2n) is 5.48. The van der Waals surface area contributed by atoms with Gasteiger partial charge in [-0.05, 0) is 45.9 Å². The molecule has 1 aliphatic heterocycles. The summed E-state index contributed by atoms with van der Waals surface area (Å²) in [7, 11) is 0. The fourth-order valence-electron chi connectivity index (χ4n) is 2.69. The van der Waals surface area contributed by atoms with E-state index in [1.807, 2.05) is 35.7 Å². The van der Waals surface area contributed by atoms with E-state index in [-0.39, 0.29) is 24.2 Å². The van der Waals surface area contributed by atoms with Crippen molar-refractivity contribution in [1.29, 1.82) is 0 Å². The molecule has 1 unspecified atom stereocenters. The number of para-hydroxylation sites is 1. The van der Waals surface area contributed by atoms with E-state index in [9.17, 15) is 9.59 Å². The third-order valence-corrected chi connectivity index (χ3v) is 5.50. The number of thiophene rings is 1. The minimum atomic E-state index is -0.280. The van der Waals surface area contributed by atoms with Gasteiger partial charge in [-0.1, -0.05) is 18.2 Å². The van der Waals surface area contributed by atoms with Gasteiger partial charge in [0.25, 0.3) is 0 Å². The summed E-state index contributed by atoms with van der Waals surface area (Å²) in [5.41, 5.74) is 0.825. The number of amides is 2. The first-order chi connectivity index (χ1) is 11.1. The number of hydrogen-bond donors (Lipinski definition) is 1. The molecule has 0 radical (unpaired) electrons. The molecule has 1 atom stereocenters. The average molecular weight is 393 g/mol. The summed E-state index contributed by atoms with van der Waals surface area (Å²) in [4.78, 5) is 27.5. The van der Waals surface area contributed by atoms with Gasteiger partial charge in [0.05, 0.1) is 11.6 Å². The molecule has 1 N–H and O–H groups in total. The van der Waals surface area contributed by atoms with Crippen molar-refractivity contribution in [3.63, 3.8) is 0 Å². The zero-order chi connectivity index (χ0) is 16.2. The molecule has 4 nitrogen and oxygen atoms in total. The first-order valence-corrected chi connectivity index (χ1v) is 9.17. The van der Waals surface area contributed by atoms with E-state index in [0.717, 1.165) is 16.6 Å². The van der Waals surface area contributed by atoms with Crippen LogP contribution in [0.4, 0.5) is 5.69 Å². The zero-order valence-corrected chi connectivity index (χ0v) is 14.9. The monoisotopic (exact) mass is 392 g/mol. The van der Waals surface area contributed by atoms with Crippen LogP contribution in [0.2, 0.25) is 0 Å². The molecule has 1 fully saturated rings. The van der Waals surface area contributed by atoms with Gasteiger partial charge in [-0.25, -0.2) is 0 Å². The van der Waals surface area contributed by atoms with E-state index in [1.165, 1.54) is 4.88 Å². The van der Waals surface area contributed by atoms with Crippen LogP contribution < -0.4 is 10.2 Å². The van der Waals surface area contributed by atoms with Crippen molar-refractivity contribution in [2.75, 3.05) is 18.0 Å². The molecule has 0 aliphatic carbocycles. The van der Waals surface area contributed by atoms with Crippen LogP contribution in [0.5, 0.6) is 0 Å². The first-order valence-electron chi connectivity index (χ1n) is 7.50. The Morgan fingerprint density at radius 2 is 2.13 bits per heavy atom. The number of nitrogens with one attached hydrogen (secondary N) is 1. The minimum Gasteiger partial charge on any atom is -0.355 e. The van der Waals surface area contributed by atoms with Crippen molar-refractivity contribution in [2.24, 2.45) is 5.92 Å². The van der Waals surface area contributed by atoms with Gasteiger partial charge < -0.3 is 10.2 Å². The fourth-order valence-corrected chi connectivity index (χ4v) is 3.90. The van der Waals surface area contributed by atoms with Crippen LogP contribution in [0, 0.1) is 5.92 Å². The lowest BCUT2D eigenvalue weighted by Gasteiger charge is -2.18. The third-order valence-electron chi connectivity index (χ3n) is 3.89. The fraction of sp³-hybridized carbons (Fsp3) is 0.294. The molecule has 3 rings (SSSR count). The topological polar surface area (TPSA) is 49.4 Å². The molecule has 2 heterocycles. The predicted octanol–water partition coefficient (Wildman–Crippen LogP) is 3.22. The molecular formula is C17H17BrN2O2S. The van der Waals surface area contributed by atoms with Crippen molar-refractivity contribution in [2.45, 2.75) is 12.8 Å². The Bertz CT molecular complexity index is 702. The number of rotatable bonds is 5. The Morgan fingerprint density at radius 1 is 1.30 bits per heavy atom. The van der Waals surface area contributed by atoms with Crippen LogP contribution in [0.1, 0.15) is 11.3 Å². The molecule has 0 spiro atoms. The summed E-state index contributed by atoms with van der Waals surface area (Å²) in [5.74, 6) is -0.322. The predicted molar refractivity (Wildman–Crippen MR) is 95.6 cm³/mol. The smallest absolute Gasteiger partial charge is 0.227 e. The van der Waals surface area contributed by atoms with E-state index in [2.05, 4.69) is 27.3 Å². The maximum atomic E-state index is 12.3. The molecule has 120 valence electrons. The van der Waals surface area contributed by atoms with E-state index < -0.39 is 0 Å². The number of hydrogen-bond acceptors (Lipinski definition) is 3. The summed E-state index contributed by atoms with van der Waals surface area (Å²) in [6.07, 6.45) is 1.10. The van der Waals surface area contributed by atoms with Crippen LogP contribution in [0.3, 0.4) is 0 Å². The SMILES string of the molecule is O=C(NCCc1cccs1)C1CC(=O)N(c2ccccc2Br)C1. The van der Waals surface area contributed by atoms with Crippen LogP contribution >= 0.6 is 27.3 Å². The van der Waals surface area contributed by atoms with Crippen LogP contribution in [-0.4, -0.2) is 24.9 Å². The molecule has 1 aliphatic rings. The highest BCUT2D eigenvalue weighted by Crippen LogP contribution is 2.31. The lowest BCUT2D eigenvalue weighted by molar-refractivity contribution is -0.126. The van der Waals surface area contributed by atoms with Gasteiger partial charge >= 0.3 is 0 Å². The summed E-state index contributed by atoms with van der Waals surface area (Å²) in [5, 5.41) is 4.98. The molecule has 1 aromatic heterocycles. The van der Waals surface area contributed by atoms with Crippen molar-refractivity contribution in [1.82, 2.24) is 5.32 Å². The van der Waals surface area contributed by atoms with Gasteiger partial charge in [-0.15, -0.1) is 11.3 Å². The van der Waals surface area contributed by atoms with Crippen LogP contribution in [0.15, 0.2) is 46.3 Å². The van der Waals surface area contributed by atoms with Crippen molar-refractivity contribution < 1.29 is 9.59 Å². The maximum absolute atomic E-state index is 12.3. The third kappa shape index (κ3) is 3.82. The van der Waals surface area contributed by atoms with Crippen LogP contribution in [-0.2, 0) is 16.0 Å². The standard InChI is InChI=1S/C17H17BrN2O2S/c18-14-5-1-2-6-15(14)20-11-12(10-16(20)21)17(22)19-8-7-13-4-3-9-23-13/h1-6,9,12H,7-8,10-11H2,(H,19,22). The lowest BCUT2D eigenvalue weighted by Crippen LogP contribution is -2.34. The molecule has 0 bridgehead atoms. The Labute approximate surface area is 147 Å². The van der Waals surface area contributed by atoms with Gasteiger partial charge in [0.1, 0.15) is 0 Å². The Balaban J connectivity index is 1.56. The number of halogens is 1. The average Bonchev–Trinajstić information content (AvgIpc) is 3.17. The highest BCUT2D eigenvalue weighted by Gasteiger charge is 2.35. The Kier molecular flexibility index (Phi) is 5.13. The van der Waals surface area contributed by atoms with E-state index in [0.29, 0.717) is 13.1 Å². The molecule has 1 saturated heterocycles. The normalized spacial score (nSPS) is 17.5. The summed E-state index contributed by atoms with van der Waals surface area (Å²) < 4.78 is 0.868. The number of carbonyl (C=O) groups is 2. The zero-order valence-electron chi connectivity index (χ0n) is 12.5. The largest absolute Gasteiger partial charge is 0.355 e. The second-order valence-corrected chi connectivity index (χ2v) is 7.36. The molecule has 2 aromatic rings. The van der Waals surface area contributed by atoms with Crippen molar-refractivity contribution >= 4 is 44.8 Å². The molecule has 1 aromatic carbocycles. The van der Waals surface area contributed by atoms with E-state index >= 15 is 0 Å². The van der Waals surface area contributed by atoms with E-state index in [1.54, 1.807) is 16.2 Å². The van der Waals surface area contributed by atoms with Crippen molar-refractivity contribution in [3.05, 3.63) is 51.1 Å².